The molecular formula is C18H14N2O7. The molecule has 0 bridgehead atoms. The van der Waals surface area contributed by atoms with Gasteiger partial charge in [-0.1, -0.05) is 18.2 Å². The molecule has 0 aliphatic carbocycles. The monoisotopic (exact) mass is 370 g/mol. The van der Waals surface area contributed by atoms with Crippen molar-refractivity contribution >= 4 is 17.6 Å². The van der Waals surface area contributed by atoms with Gasteiger partial charge in [0, 0.05) is 12.6 Å². The van der Waals surface area contributed by atoms with Gasteiger partial charge in [0.2, 0.25) is 6.79 Å². The minimum atomic E-state index is -1.18. The zero-order valence-corrected chi connectivity index (χ0v) is 14.1. The van der Waals surface area contributed by atoms with Crippen LogP contribution < -0.4 is 9.47 Å². The third-order valence-electron chi connectivity index (χ3n) is 4.88. The smallest absolute Gasteiger partial charge is 0.313 e. The van der Waals surface area contributed by atoms with E-state index in [-0.39, 0.29) is 35.1 Å². The summed E-state index contributed by atoms with van der Waals surface area (Å²) in [6.45, 7) is -0.0828. The number of nitrogens with zero attached hydrogens (tertiary/aromatic N) is 2. The second kappa shape index (κ2) is 5.97. The van der Waals surface area contributed by atoms with E-state index in [4.69, 9.17) is 9.47 Å². The molecule has 9 nitrogen and oxygen atoms in total. The predicted octanol–water partition coefficient (Wildman–Crippen LogP) is 2.32. The molecule has 27 heavy (non-hydrogen) atoms. The normalized spacial score (nSPS) is 20.3. The first-order valence-electron chi connectivity index (χ1n) is 8.07. The molecule has 0 fully saturated rings. The van der Waals surface area contributed by atoms with Crippen LogP contribution in [0.2, 0.25) is 0 Å². The molecule has 1 amide bonds. The Balaban J connectivity index is 1.96. The number of nitro groups is 1. The van der Waals surface area contributed by atoms with Gasteiger partial charge in [0.15, 0.2) is 11.5 Å². The molecule has 0 unspecified atom stereocenters. The average molecular weight is 370 g/mol. The van der Waals surface area contributed by atoms with Crippen molar-refractivity contribution in [3.05, 3.63) is 63.2 Å². The molecule has 2 aliphatic rings. The fraction of sp³-hybridized carbons (Fsp3) is 0.222. The van der Waals surface area contributed by atoms with Gasteiger partial charge < -0.3 is 19.5 Å². The Labute approximate surface area is 152 Å². The summed E-state index contributed by atoms with van der Waals surface area (Å²) in [6.07, 6.45) is 0. The third kappa shape index (κ3) is 2.47. The van der Waals surface area contributed by atoms with Crippen molar-refractivity contribution in [1.82, 2.24) is 4.90 Å². The Morgan fingerprint density at radius 2 is 1.89 bits per heavy atom. The van der Waals surface area contributed by atoms with E-state index in [0.29, 0.717) is 5.56 Å². The number of likely N-dealkylation sites (N-methyl/N-ethyl adjacent to an activating group) is 1. The Hall–Kier alpha value is -3.62. The molecule has 0 saturated heterocycles. The highest BCUT2D eigenvalue weighted by molar-refractivity contribution is 6.00. The number of amides is 1. The molecule has 2 aromatic rings. The maximum atomic E-state index is 12.8. The lowest BCUT2D eigenvalue weighted by atomic mass is 9.79. The highest BCUT2D eigenvalue weighted by Gasteiger charge is 2.45. The second-order valence-electron chi connectivity index (χ2n) is 6.29. The molecule has 0 saturated carbocycles. The SMILES string of the molecule is CN1C(=O)c2ccccc2[C@@H](C(=O)O)[C@@H]1c1cc2c(cc1[N+](=O)[O-])OCO2. The van der Waals surface area contributed by atoms with Crippen LogP contribution in [0.25, 0.3) is 0 Å². The molecule has 0 spiro atoms. The third-order valence-corrected chi connectivity index (χ3v) is 4.88. The van der Waals surface area contributed by atoms with E-state index in [0.717, 1.165) is 0 Å². The van der Waals surface area contributed by atoms with Gasteiger partial charge in [0.05, 0.1) is 22.6 Å². The van der Waals surface area contributed by atoms with Gasteiger partial charge in [-0.3, -0.25) is 19.7 Å². The maximum Gasteiger partial charge on any atom is 0.313 e. The van der Waals surface area contributed by atoms with E-state index < -0.39 is 28.8 Å². The molecule has 4 rings (SSSR count). The highest BCUT2D eigenvalue weighted by Crippen LogP contribution is 2.48. The van der Waals surface area contributed by atoms with Crippen LogP contribution >= 0.6 is 0 Å². The van der Waals surface area contributed by atoms with E-state index in [1.807, 2.05) is 0 Å². The number of fused-ring (bicyclic) bond motifs is 2. The average Bonchev–Trinajstić information content (AvgIpc) is 3.10. The first kappa shape index (κ1) is 16.8. The van der Waals surface area contributed by atoms with Crippen LogP contribution in [0, 0.1) is 10.1 Å². The van der Waals surface area contributed by atoms with Gasteiger partial charge in [0.1, 0.15) is 5.92 Å². The Kier molecular flexibility index (Phi) is 3.72. The summed E-state index contributed by atoms with van der Waals surface area (Å²) < 4.78 is 10.5. The topological polar surface area (TPSA) is 119 Å². The van der Waals surface area contributed by atoms with E-state index in [2.05, 4.69) is 0 Å². The first-order valence-corrected chi connectivity index (χ1v) is 8.07. The van der Waals surface area contributed by atoms with Crippen molar-refractivity contribution in [2.75, 3.05) is 13.8 Å². The summed E-state index contributed by atoms with van der Waals surface area (Å²) in [5.74, 6) is -2.26. The highest BCUT2D eigenvalue weighted by atomic mass is 16.7. The van der Waals surface area contributed by atoms with Crippen molar-refractivity contribution in [2.45, 2.75) is 12.0 Å². The Bertz CT molecular complexity index is 988. The molecule has 2 aromatic carbocycles. The number of nitro benzene ring substituents is 1. The van der Waals surface area contributed by atoms with E-state index >= 15 is 0 Å². The van der Waals surface area contributed by atoms with Gasteiger partial charge in [-0.05, 0) is 17.7 Å². The quantitative estimate of drug-likeness (QED) is 0.650. The van der Waals surface area contributed by atoms with Crippen LogP contribution in [-0.4, -0.2) is 40.6 Å². The molecule has 0 radical (unpaired) electrons. The van der Waals surface area contributed by atoms with Crippen LogP contribution in [0.15, 0.2) is 36.4 Å². The number of carboxylic acids is 1. The van der Waals surface area contributed by atoms with Gasteiger partial charge >= 0.3 is 5.97 Å². The molecule has 0 aromatic heterocycles. The molecular weight excluding hydrogens is 356 g/mol. The van der Waals surface area contributed by atoms with Crippen molar-refractivity contribution in [2.24, 2.45) is 0 Å². The molecule has 2 atom stereocenters. The number of benzene rings is 2. The van der Waals surface area contributed by atoms with Crippen LogP contribution in [0.3, 0.4) is 0 Å². The molecule has 1 N–H and O–H groups in total. The van der Waals surface area contributed by atoms with Gasteiger partial charge in [0.25, 0.3) is 11.6 Å². The molecule has 138 valence electrons. The Morgan fingerprint density at radius 3 is 2.56 bits per heavy atom. The molecule has 2 heterocycles. The fourth-order valence-electron chi connectivity index (χ4n) is 3.67. The van der Waals surface area contributed by atoms with Crippen LogP contribution in [0.1, 0.15) is 33.4 Å². The minimum absolute atomic E-state index is 0.0828. The van der Waals surface area contributed by atoms with Crippen molar-refractivity contribution in [3.8, 4) is 11.5 Å². The summed E-state index contributed by atoms with van der Waals surface area (Å²) in [7, 11) is 1.44. The number of carbonyl (C=O) groups excluding carboxylic acids is 1. The summed E-state index contributed by atoms with van der Waals surface area (Å²) in [6, 6.07) is 7.92. The number of carbonyl (C=O) groups is 2. The summed E-state index contributed by atoms with van der Waals surface area (Å²) in [4.78, 5) is 37.1. The zero-order chi connectivity index (χ0) is 19.3. The van der Waals surface area contributed by atoms with Crippen molar-refractivity contribution in [1.29, 1.82) is 0 Å². The number of ether oxygens (including phenoxy) is 2. The van der Waals surface area contributed by atoms with E-state index in [1.54, 1.807) is 24.3 Å². The summed E-state index contributed by atoms with van der Waals surface area (Å²) in [5.41, 5.74) is 0.355. The first-order chi connectivity index (χ1) is 12.9. The van der Waals surface area contributed by atoms with Crippen molar-refractivity contribution < 1.29 is 29.1 Å². The van der Waals surface area contributed by atoms with Crippen LogP contribution in [0.4, 0.5) is 5.69 Å². The number of hydrogen-bond donors (Lipinski definition) is 1. The lowest BCUT2D eigenvalue weighted by Crippen LogP contribution is -2.42. The maximum absolute atomic E-state index is 12.8. The predicted molar refractivity (Wildman–Crippen MR) is 90.9 cm³/mol. The number of aliphatic carboxylic acids is 1. The molecule has 9 heteroatoms. The Morgan fingerprint density at radius 1 is 1.22 bits per heavy atom. The second-order valence-corrected chi connectivity index (χ2v) is 6.29. The lowest BCUT2D eigenvalue weighted by Gasteiger charge is -2.38. The number of carboxylic acid groups (broad SMARTS) is 1. The summed E-state index contributed by atoms with van der Waals surface area (Å²) in [5, 5.41) is 21.5. The van der Waals surface area contributed by atoms with Gasteiger partial charge in [-0.25, -0.2) is 0 Å². The summed E-state index contributed by atoms with van der Waals surface area (Å²) >= 11 is 0. The number of hydrogen-bond acceptors (Lipinski definition) is 6. The lowest BCUT2D eigenvalue weighted by molar-refractivity contribution is -0.386. The standard InChI is InChI=1S/C18H14N2O7/c1-19-16(11-6-13-14(27-8-26-13)7-12(11)20(24)25)15(18(22)23)9-4-2-3-5-10(9)17(19)21/h2-7,15-16H,8H2,1H3,(H,22,23)/t15-,16+/m1/s1. The minimum Gasteiger partial charge on any atom is -0.481 e. The van der Waals surface area contributed by atoms with Gasteiger partial charge in [-0.2, -0.15) is 0 Å². The van der Waals surface area contributed by atoms with Gasteiger partial charge in [-0.15, -0.1) is 0 Å². The fourth-order valence-corrected chi connectivity index (χ4v) is 3.67. The largest absolute Gasteiger partial charge is 0.481 e. The van der Waals surface area contributed by atoms with E-state index in [1.165, 1.54) is 24.1 Å². The van der Waals surface area contributed by atoms with Crippen LogP contribution in [0.5, 0.6) is 11.5 Å². The van der Waals surface area contributed by atoms with E-state index in [9.17, 15) is 24.8 Å². The zero-order valence-electron chi connectivity index (χ0n) is 14.1. The number of rotatable bonds is 3. The van der Waals surface area contributed by atoms with Crippen molar-refractivity contribution in [3.63, 3.8) is 0 Å². The molecule has 2 aliphatic heterocycles. The van der Waals surface area contributed by atoms with Crippen LogP contribution in [-0.2, 0) is 4.79 Å².